The van der Waals surface area contributed by atoms with Crippen LogP contribution >= 0.6 is 0 Å². The summed E-state index contributed by atoms with van der Waals surface area (Å²) in [5, 5.41) is 6.57. The van der Waals surface area contributed by atoms with E-state index in [1.165, 1.54) is 54.4 Å². The fourth-order valence-electron chi connectivity index (χ4n) is 4.88. The van der Waals surface area contributed by atoms with Gasteiger partial charge in [-0.3, -0.25) is 0 Å². The van der Waals surface area contributed by atoms with Crippen LogP contribution in [0.15, 0.2) is 72.8 Å². The number of nitrogens with zero attached hydrogens (tertiary/aromatic N) is 1. The third kappa shape index (κ3) is 2.42. The first kappa shape index (κ1) is 16.4. The van der Waals surface area contributed by atoms with Crippen molar-refractivity contribution in [2.24, 2.45) is 7.05 Å². The van der Waals surface area contributed by atoms with E-state index in [0.29, 0.717) is 0 Å². The number of allylic oxidation sites excluding steroid dienone is 2. The summed E-state index contributed by atoms with van der Waals surface area (Å²) in [5.41, 5.74) is 6.57. The van der Waals surface area contributed by atoms with Crippen molar-refractivity contribution in [2.45, 2.75) is 12.8 Å². The summed E-state index contributed by atoms with van der Waals surface area (Å²) in [6, 6.07) is 22.1. The Kier molecular flexibility index (Phi) is 3.54. The molecule has 0 atom stereocenters. The van der Waals surface area contributed by atoms with Crippen molar-refractivity contribution in [2.75, 3.05) is 0 Å². The number of H-pyrrole nitrogens is 1. The maximum atomic E-state index is 3.69. The average molecular weight is 374 g/mol. The number of nitrogens with one attached hydrogen (secondary N) is 1. The molecule has 2 aromatic heterocycles. The lowest BCUT2D eigenvalue weighted by molar-refractivity contribution is 1.01. The maximum absolute atomic E-state index is 3.69. The van der Waals surface area contributed by atoms with E-state index in [4.69, 9.17) is 0 Å². The highest BCUT2D eigenvalue weighted by Gasteiger charge is 2.13. The highest BCUT2D eigenvalue weighted by Crippen LogP contribution is 2.32. The number of aryl methyl sites for hydroxylation is 1. The fraction of sp³-hybridized carbons (Fsp3) is 0.111. The Bertz CT molecular complexity index is 1560. The topological polar surface area (TPSA) is 20.7 Å². The summed E-state index contributed by atoms with van der Waals surface area (Å²) >= 11 is 0. The van der Waals surface area contributed by atoms with Crippen LogP contribution in [-0.4, -0.2) is 9.55 Å². The van der Waals surface area contributed by atoms with E-state index in [1.807, 2.05) is 0 Å². The largest absolute Gasteiger partial charge is 0.354 e. The fourth-order valence-corrected chi connectivity index (χ4v) is 4.88. The van der Waals surface area contributed by atoms with E-state index in [2.05, 4.69) is 102 Å². The zero-order valence-corrected chi connectivity index (χ0v) is 16.4. The normalized spacial score (nSPS) is 13.4. The zero-order chi connectivity index (χ0) is 19.4. The number of rotatable bonds is 2. The molecular weight excluding hydrogens is 352 g/mol. The van der Waals surface area contributed by atoms with Crippen LogP contribution in [0.1, 0.15) is 17.5 Å². The molecule has 0 saturated heterocycles. The lowest BCUT2D eigenvalue weighted by Crippen LogP contribution is -2.21. The summed E-state index contributed by atoms with van der Waals surface area (Å²) in [6.07, 6.45) is 10.8. The predicted molar refractivity (Wildman–Crippen MR) is 123 cm³/mol. The van der Waals surface area contributed by atoms with Crippen LogP contribution in [0.25, 0.3) is 44.9 Å². The van der Waals surface area contributed by atoms with Crippen LogP contribution in [0.5, 0.6) is 0 Å². The molecule has 0 saturated carbocycles. The molecule has 0 aliphatic heterocycles. The zero-order valence-electron chi connectivity index (χ0n) is 16.4. The summed E-state index contributed by atoms with van der Waals surface area (Å²) in [6.45, 7) is 0. The van der Waals surface area contributed by atoms with E-state index in [1.54, 1.807) is 0 Å². The number of benzene rings is 3. The second kappa shape index (κ2) is 6.25. The maximum Gasteiger partial charge on any atom is 0.0500 e. The molecular formula is C27H22N2. The van der Waals surface area contributed by atoms with Gasteiger partial charge in [0.15, 0.2) is 0 Å². The van der Waals surface area contributed by atoms with E-state index >= 15 is 0 Å². The van der Waals surface area contributed by atoms with Gasteiger partial charge >= 0.3 is 0 Å². The second-order valence-electron chi connectivity index (χ2n) is 7.89. The van der Waals surface area contributed by atoms with Gasteiger partial charge < -0.3 is 9.55 Å². The Hall–Kier alpha value is -3.52. The first-order valence-corrected chi connectivity index (χ1v) is 10.2. The van der Waals surface area contributed by atoms with Crippen molar-refractivity contribution in [3.05, 3.63) is 94.5 Å². The molecule has 0 amide bonds. The molecule has 1 aliphatic carbocycles. The van der Waals surface area contributed by atoms with Gasteiger partial charge in [-0.05, 0) is 35.8 Å². The molecule has 2 heteroatoms. The van der Waals surface area contributed by atoms with Crippen LogP contribution in [0.3, 0.4) is 0 Å². The van der Waals surface area contributed by atoms with Gasteiger partial charge in [0.05, 0.1) is 5.52 Å². The predicted octanol–water partition coefficient (Wildman–Crippen LogP) is 4.92. The average Bonchev–Trinajstić information content (AvgIpc) is 3.14. The van der Waals surface area contributed by atoms with Crippen molar-refractivity contribution < 1.29 is 0 Å². The minimum Gasteiger partial charge on any atom is -0.354 e. The minimum atomic E-state index is 0.915. The first-order valence-electron chi connectivity index (χ1n) is 10.2. The van der Waals surface area contributed by atoms with Crippen molar-refractivity contribution in [3.63, 3.8) is 0 Å². The SMILES string of the molecule is Cn1c2ccccc2c2c(Cc3cccc4c5c([nH]c34)=CC=CCC=5)cccc21. The Morgan fingerprint density at radius 3 is 2.62 bits per heavy atom. The molecule has 6 rings (SSSR count). The Labute approximate surface area is 169 Å². The van der Waals surface area contributed by atoms with Crippen LogP contribution in [0, 0.1) is 0 Å². The number of aromatic nitrogens is 2. The van der Waals surface area contributed by atoms with E-state index in [-0.39, 0.29) is 0 Å². The number of fused-ring (bicyclic) bond motifs is 6. The van der Waals surface area contributed by atoms with E-state index < -0.39 is 0 Å². The highest BCUT2D eigenvalue weighted by molar-refractivity contribution is 6.09. The minimum absolute atomic E-state index is 0.915. The van der Waals surface area contributed by atoms with Gasteiger partial charge in [-0.1, -0.05) is 66.8 Å². The van der Waals surface area contributed by atoms with Crippen LogP contribution in [-0.2, 0) is 13.5 Å². The van der Waals surface area contributed by atoms with Gasteiger partial charge in [-0.2, -0.15) is 0 Å². The van der Waals surface area contributed by atoms with Gasteiger partial charge in [0.25, 0.3) is 0 Å². The quantitative estimate of drug-likeness (QED) is 0.453. The molecule has 2 heterocycles. The third-order valence-electron chi connectivity index (χ3n) is 6.25. The number of aromatic amines is 1. The van der Waals surface area contributed by atoms with E-state index in [0.717, 1.165) is 12.8 Å². The van der Waals surface area contributed by atoms with Gasteiger partial charge in [-0.15, -0.1) is 0 Å². The number of hydrogen-bond acceptors (Lipinski definition) is 0. The molecule has 0 bridgehead atoms. The van der Waals surface area contributed by atoms with Crippen molar-refractivity contribution in [1.29, 1.82) is 0 Å². The molecule has 0 radical (unpaired) electrons. The molecule has 5 aromatic rings. The molecule has 1 aliphatic rings. The third-order valence-corrected chi connectivity index (χ3v) is 6.25. The van der Waals surface area contributed by atoms with Gasteiger partial charge in [-0.25, -0.2) is 0 Å². The van der Waals surface area contributed by atoms with Crippen molar-refractivity contribution in [1.82, 2.24) is 9.55 Å². The molecule has 29 heavy (non-hydrogen) atoms. The Balaban J connectivity index is 1.60. The molecule has 140 valence electrons. The van der Waals surface area contributed by atoms with Gasteiger partial charge in [0, 0.05) is 51.2 Å². The van der Waals surface area contributed by atoms with Crippen molar-refractivity contribution >= 4 is 44.9 Å². The Morgan fingerprint density at radius 2 is 1.66 bits per heavy atom. The standard InChI is InChI=1S/C27H22N2/c1-29-24-15-6-5-12-22(24)26-18(9-8-16-25(26)29)17-19-10-7-13-21-20-11-3-2-4-14-23(20)28-27(19)21/h2,4-16,28H,3,17H2,1H3. The molecule has 0 fully saturated rings. The van der Waals surface area contributed by atoms with Crippen LogP contribution < -0.4 is 10.6 Å². The number of para-hydroxylation sites is 2. The second-order valence-corrected chi connectivity index (χ2v) is 7.89. The molecule has 0 spiro atoms. The number of hydrogen-bond donors (Lipinski definition) is 1. The van der Waals surface area contributed by atoms with Crippen molar-refractivity contribution in [3.8, 4) is 0 Å². The smallest absolute Gasteiger partial charge is 0.0500 e. The summed E-state index contributed by atoms with van der Waals surface area (Å²) in [7, 11) is 2.16. The van der Waals surface area contributed by atoms with Crippen LogP contribution in [0.2, 0.25) is 0 Å². The Morgan fingerprint density at radius 1 is 0.862 bits per heavy atom. The van der Waals surface area contributed by atoms with E-state index in [9.17, 15) is 0 Å². The summed E-state index contributed by atoms with van der Waals surface area (Å²) < 4.78 is 2.31. The van der Waals surface area contributed by atoms with Gasteiger partial charge in [0.1, 0.15) is 0 Å². The van der Waals surface area contributed by atoms with Crippen LogP contribution in [0.4, 0.5) is 0 Å². The molecule has 3 aromatic carbocycles. The highest BCUT2D eigenvalue weighted by atomic mass is 14.9. The lowest BCUT2D eigenvalue weighted by Gasteiger charge is -2.07. The summed E-state index contributed by atoms with van der Waals surface area (Å²) in [4.78, 5) is 3.69. The van der Waals surface area contributed by atoms with Gasteiger partial charge in [0.2, 0.25) is 0 Å². The monoisotopic (exact) mass is 374 g/mol. The summed E-state index contributed by atoms with van der Waals surface area (Å²) in [5.74, 6) is 0. The molecule has 0 unspecified atom stereocenters. The first-order chi connectivity index (χ1) is 14.3. The lowest BCUT2D eigenvalue weighted by atomic mass is 9.98. The molecule has 1 N–H and O–H groups in total. The molecule has 2 nitrogen and oxygen atoms in total.